The van der Waals surface area contributed by atoms with Gasteiger partial charge in [0.15, 0.2) is 11.4 Å². The van der Waals surface area contributed by atoms with Gasteiger partial charge in [-0.2, -0.15) is 0 Å². The molecule has 0 unspecified atom stereocenters. The molecule has 3 atom stereocenters. The number of nitrogens with two attached hydrogens (primary N) is 1. The number of rotatable bonds is 1. The van der Waals surface area contributed by atoms with Crippen LogP contribution in [0.4, 0.5) is 0 Å². The zero-order valence-electron chi connectivity index (χ0n) is 18.4. The quantitative estimate of drug-likeness (QED) is 0.313. The largest absolute Gasteiger partial charge is 0.508 e. The van der Waals surface area contributed by atoms with Crippen LogP contribution in [0.5, 0.6) is 5.75 Å². The van der Waals surface area contributed by atoms with Gasteiger partial charge in [0.25, 0.3) is 5.91 Å². The molecule has 8 nitrogen and oxygen atoms in total. The molecule has 35 heavy (non-hydrogen) atoms. The molecular formula is C27H21NO7. The molecule has 5 rings (SSSR count). The van der Waals surface area contributed by atoms with Crippen LogP contribution in [0.25, 0.3) is 5.76 Å². The number of carbonyl (C=O) groups is 3. The Hall–Kier alpha value is -4.35. The summed E-state index contributed by atoms with van der Waals surface area (Å²) in [7, 11) is 0. The third-order valence-corrected chi connectivity index (χ3v) is 7.05. The van der Waals surface area contributed by atoms with Crippen molar-refractivity contribution in [3.8, 4) is 17.6 Å². The van der Waals surface area contributed by atoms with Crippen molar-refractivity contribution in [2.75, 3.05) is 0 Å². The minimum atomic E-state index is -2.57. The van der Waals surface area contributed by atoms with Crippen LogP contribution in [0.15, 0.2) is 59.4 Å². The van der Waals surface area contributed by atoms with Crippen LogP contribution >= 0.6 is 0 Å². The van der Waals surface area contributed by atoms with Crippen LogP contribution in [0.3, 0.4) is 0 Å². The van der Waals surface area contributed by atoms with Gasteiger partial charge in [0.2, 0.25) is 5.78 Å². The third kappa shape index (κ3) is 3.24. The molecule has 2 aromatic rings. The van der Waals surface area contributed by atoms with Gasteiger partial charge in [0.05, 0.1) is 11.1 Å². The minimum absolute atomic E-state index is 0.0250. The van der Waals surface area contributed by atoms with E-state index in [1.807, 2.05) is 18.2 Å². The molecule has 3 aliphatic rings. The number of phenols is 1. The van der Waals surface area contributed by atoms with Crippen molar-refractivity contribution >= 4 is 23.2 Å². The lowest BCUT2D eigenvalue weighted by molar-refractivity contribution is -0.147. The van der Waals surface area contributed by atoms with E-state index in [1.165, 1.54) is 0 Å². The van der Waals surface area contributed by atoms with E-state index in [-0.39, 0.29) is 41.7 Å². The fourth-order valence-corrected chi connectivity index (χ4v) is 5.36. The molecule has 0 aromatic heterocycles. The molecule has 1 amide bonds. The summed E-state index contributed by atoms with van der Waals surface area (Å²) in [4.78, 5) is 37.6. The van der Waals surface area contributed by atoms with Gasteiger partial charge in [-0.25, -0.2) is 0 Å². The van der Waals surface area contributed by atoms with Crippen molar-refractivity contribution in [3.63, 3.8) is 0 Å². The monoisotopic (exact) mass is 471 g/mol. The normalized spacial score (nSPS) is 25.3. The first-order valence-electron chi connectivity index (χ1n) is 11.0. The summed E-state index contributed by atoms with van der Waals surface area (Å²) in [5.74, 6) is -0.705. The number of primary amides is 1. The molecule has 2 aromatic carbocycles. The smallest absolute Gasteiger partial charge is 0.255 e. The highest BCUT2D eigenvalue weighted by Gasteiger charge is 2.60. The summed E-state index contributed by atoms with van der Waals surface area (Å²) in [5.41, 5.74) is 3.20. The average molecular weight is 471 g/mol. The van der Waals surface area contributed by atoms with Gasteiger partial charge in [-0.15, -0.1) is 0 Å². The summed E-state index contributed by atoms with van der Waals surface area (Å²) >= 11 is 0. The lowest BCUT2D eigenvalue weighted by Gasteiger charge is -2.46. The SMILES string of the molecule is NC(=O)C1=C(O)[C@@]2(O)C(=O)C3=C(O)c4c(ccc(C#Cc5ccccc5)c4O)C[C@H]3C[C@H]2CC1=O. The first-order chi connectivity index (χ1) is 16.6. The number of benzene rings is 2. The van der Waals surface area contributed by atoms with Crippen molar-refractivity contribution in [2.24, 2.45) is 17.6 Å². The Balaban J connectivity index is 1.63. The van der Waals surface area contributed by atoms with Crippen LogP contribution in [-0.4, -0.2) is 43.5 Å². The molecule has 0 saturated heterocycles. The van der Waals surface area contributed by atoms with Gasteiger partial charge in [-0.1, -0.05) is 36.1 Å². The van der Waals surface area contributed by atoms with E-state index in [1.54, 1.807) is 24.3 Å². The summed E-state index contributed by atoms with van der Waals surface area (Å²) < 4.78 is 0. The Bertz CT molecular complexity index is 1440. The van der Waals surface area contributed by atoms with E-state index in [4.69, 9.17) is 5.73 Å². The van der Waals surface area contributed by atoms with Crippen LogP contribution in [-0.2, 0) is 20.8 Å². The third-order valence-electron chi connectivity index (χ3n) is 7.05. The molecule has 0 aliphatic heterocycles. The molecule has 1 fully saturated rings. The zero-order chi connectivity index (χ0) is 25.1. The molecule has 0 bridgehead atoms. The maximum absolute atomic E-state index is 13.5. The van der Waals surface area contributed by atoms with Gasteiger partial charge in [0.1, 0.15) is 22.8 Å². The molecular weight excluding hydrogens is 450 g/mol. The average Bonchev–Trinajstić information content (AvgIpc) is 2.81. The molecule has 176 valence electrons. The van der Waals surface area contributed by atoms with Gasteiger partial charge in [-0.3, -0.25) is 14.4 Å². The zero-order valence-corrected chi connectivity index (χ0v) is 18.4. The predicted molar refractivity (Wildman–Crippen MR) is 124 cm³/mol. The number of phenolic OH excluding ortho intramolecular Hbond substituents is 1. The van der Waals surface area contributed by atoms with Gasteiger partial charge >= 0.3 is 0 Å². The van der Waals surface area contributed by atoms with E-state index in [9.17, 15) is 34.8 Å². The fraction of sp³-hybridized carbons (Fsp3) is 0.222. The highest BCUT2D eigenvalue weighted by molar-refractivity contribution is 6.22. The number of hydrogen-bond acceptors (Lipinski definition) is 7. The standard InChI is InChI=1S/C27H21NO7/c28-26(34)21-18(29)12-17-11-16-10-15-9-8-14(7-6-13-4-2-1-3-5-13)22(30)19(15)23(31)20(16)24(32)27(17,35)25(21)33/h1-5,8-9,16-17,30-31,33,35H,10-12H2,(H2,28,34)/t16-,17-,27-/m0/s1. The van der Waals surface area contributed by atoms with Crippen molar-refractivity contribution in [1.29, 1.82) is 0 Å². The Morgan fingerprint density at radius 1 is 1.00 bits per heavy atom. The fourth-order valence-electron chi connectivity index (χ4n) is 5.36. The van der Waals surface area contributed by atoms with Crippen LogP contribution in [0, 0.1) is 23.7 Å². The minimum Gasteiger partial charge on any atom is -0.508 e. The number of carbonyl (C=O) groups excluding carboxylic acids is 3. The summed E-state index contributed by atoms with van der Waals surface area (Å²) in [6, 6.07) is 12.4. The number of aliphatic hydroxyl groups is 3. The topological polar surface area (TPSA) is 158 Å². The van der Waals surface area contributed by atoms with E-state index >= 15 is 0 Å². The number of amides is 1. The second kappa shape index (κ2) is 7.86. The lowest BCUT2D eigenvalue weighted by Crippen LogP contribution is -2.58. The van der Waals surface area contributed by atoms with E-state index in [0.29, 0.717) is 5.56 Å². The Morgan fingerprint density at radius 2 is 1.71 bits per heavy atom. The van der Waals surface area contributed by atoms with Gasteiger partial charge < -0.3 is 26.2 Å². The molecule has 8 heteroatoms. The molecule has 0 heterocycles. The second-order valence-corrected chi connectivity index (χ2v) is 9.02. The predicted octanol–water partition coefficient (Wildman–Crippen LogP) is 1.82. The van der Waals surface area contributed by atoms with Gasteiger partial charge in [0, 0.05) is 23.5 Å². The molecule has 1 saturated carbocycles. The molecule has 0 radical (unpaired) electrons. The second-order valence-electron chi connectivity index (χ2n) is 9.02. The van der Waals surface area contributed by atoms with Crippen molar-refractivity contribution in [1.82, 2.24) is 0 Å². The first kappa shape index (κ1) is 22.4. The maximum atomic E-state index is 13.5. The highest BCUT2D eigenvalue weighted by Crippen LogP contribution is 2.52. The van der Waals surface area contributed by atoms with E-state index in [2.05, 4.69) is 11.8 Å². The van der Waals surface area contributed by atoms with E-state index in [0.717, 1.165) is 5.56 Å². The van der Waals surface area contributed by atoms with Crippen LogP contribution < -0.4 is 5.73 Å². The number of hydrogen-bond donors (Lipinski definition) is 5. The lowest BCUT2D eigenvalue weighted by atomic mass is 9.59. The van der Waals surface area contributed by atoms with Crippen molar-refractivity contribution in [3.05, 3.63) is 81.6 Å². The summed E-state index contributed by atoms with van der Waals surface area (Å²) in [6.45, 7) is 0. The van der Waals surface area contributed by atoms with Crippen LogP contribution in [0.1, 0.15) is 35.1 Å². The Morgan fingerprint density at radius 3 is 2.40 bits per heavy atom. The number of aliphatic hydroxyl groups excluding tert-OH is 2. The summed E-state index contributed by atoms with van der Waals surface area (Å²) in [6.07, 6.45) is 0.00875. The van der Waals surface area contributed by atoms with Crippen molar-refractivity contribution < 1.29 is 34.8 Å². The number of ketones is 2. The first-order valence-corrected chi connectivity index (χ1v) is 11.0. The highest BCUT2D eigenvalue weighted by atomic mass is 16.3. The maximum Gasteiger partial charge on any atom is 0.255 e. The van der Waals surface area contributed by atoms with Gasteiger partial charge in [-0.05, 0) is 42.5 Å². The van der Waals surface area contributed by atoms with Crippen molar-refractivity contribution in [2.45, 2.75) is 24.9 Å². The summed E-state index contributed by atoms with van der Waals surface area (Å²) in [5, 5.41) is 43.9. The number of aromatic hydroxyl groups is 1. The molecule has 6 N–H and O–H groups in total. The molecule has 0 spiro atoms. The number of Topliss-reactive ketones (excluding diaryl/α,β-unsaturated/α-hetero) is 2. The number of fused-ring (bicyclic) bond motifs is 3. The Kier molecular flexibility index (Phi) is 5.04. The Labute approximate surface area is 200 Å². The molecule has 3 aliphatic carbocycles. The van der Waals surface area contributed by atoms with Crippen LogP contribution in [0.2, 0.25) is 0 Å². The van der Waals surface area contributed by atoms with E-state index < -0.39 is 52.0 Å².